The highest BCUT2D eigenvalue weighted by Gasteiger charge is 2.30. The number of ether oxygens (including phenoxy) is 1. The molecule has 8 nitrogen and oxygen atoms in total. The van der Waals surface area contributed by atoms with Gasteiger partial charge in [-0.3, -0.25) is 0 Å². The first-order chi connectivity index (χ1) is 9.50. The average Bonchev–Trinajstić information content (AvgIpc) is 2.45. The highest BCUT2D eigenvalue weighted by molar-refractivity contribution is 7.87. The molecule has 1 saturated carbocycles. The zero-order chi connectivity index (χ0) is 15.0. The van der Waals surface area contributed by atoms with Gasteiger partial charge >= 0.3 is 0 Å². The Morgan fingerprint density at radius 3 is 2.65 bits per heavy atom. The van der Waals surface area contributed by atoms with Crippen LogP contribution in [0.2, 0.25) is 0 Å². The van der Waals surface area contributed by atoms with Crippen LogP contribution in [-0.2, 0) is 14.9 Å². The van der Waals surface area contributed by atoms with Crippen molar-refractivity contribution in [2.75, 3.05) is 20.3 Å². The summed E-state index contributed by atoms with van der Waals surface area (Å²) in [5.41, 5.74) is 5.63. The predicted molar refractivity (Wildman–Crippen MR) is 75.7 cm³/mol. The molecule has 1 unspecified atom stereocenters. The van der Waals surface area contributed by atoms with Crippen LogP contribution < -0.4 is 15.2 Å². The highest BCUT2D eigenvalue weighted by Crippen LogP contribution is 2.26. The van der Waals surface area contributed by atoms with Crippen molar-refractivity contribution in [1.82, 2.24) is 9.44 Å². The average molecular weight is 308 g/mol. The molecule has 118 valence electrons. The van der Waals surface area contributed by atoms with Gasteiger partial charge in [0.2, 0.25) is 0 Å². The smallest absolute Gasteiger partial charge is 0.277 e. The van der Waals surface area contributed by atoms with Gasteiger partial charge in [-0.2, -0.15) is 17.9 Å². The number of hydrogen-bond donors (Lipinski definition) is 4. The number of nitrogens with zero attached hydrogens (tertiary/aromatic N) is 1. The van der Waals surface area contributed by atoms with E-state index < -0.39 is 16.3 Å². The Kier molecular flexibility index (Phi) is 7.20. The van der Waals surface area contributed by atoms with Crippen molar-refractivity contribution in [2.45, 2.75) is 38.1 Å². The molecule has 9 heteroatoms. The molecule has 0 bridgehead atoms. The second kappa shape index (κ2) is 8.40. The van der Waals surface area contributed by atoms with E-state index in [4.69, 9.17) is 15.7 Å². The highest BCUT2D eigenvalue weighted by atomic mass is 32.2. The van der Waals surface area contributed by atoms with E-state index >= 15 is 0 Å². The lowest BCUT2D eigenvalue weighted by molar-refractivity contribution is 0.204. The maximum absolute atomic E-state index is 11.9. The molecule has 1 aliphatic rings. The number of rotatable bonds is 8. The number of hydrogen-bond acceptors (Lipinski definition) is 5. The van der Waals surface area contributed by atoms with Crippen LogP contribution in [0.4, 0.5) is 0 Å². The van der Waals surface area contributed by atoms with Gasteiger partial charge < -0.3 is 15.7 Å². The van der Waals surface area contributed by atoms with Crippen molar-refractivity contribution in [3.05, 3.63) is 0 Å². The van der Waals surface area contributed by atoms with Gasteiger partial charge in [0, 0.05) is 13.7 Å². The lowest BCUT2D eigenvalue weighted by atomic mass is 9.84. The van der Waals surface area contributed by atoms with E-state index in [9.17, 15) is 8.42 Å². The van der Waals surface area contributed by atoms with Crippen LogP contribution in [0, 0.1) is 5.92 Å². The summed E-state index contributed by atoms with van der Waals surface area (Å²) in [4.78, 5) is 0. The largest absolute Gasteiger partial charge is 0.409 e. The van der Waals surface area contributed by atoms with E-state index in [-0.39, 0.29) is 24.9 Å². The Balaban J connectivity index is 2.68. The van der Waals surface area contributed by atoms with Crippen LogP contribution in [0.1, 0.15) is 32.1 Å². The Morgan fingerprint density at radius 2 is 2.10 bits per heavy atom. The number of nitrogens with two attached hydrogens (primary N) is 1. The third-order valence-corrected chi connectivity index (χ3v) is 4.58. The topological polar surface area (TPSA) is 126 Å². The normalized spacial score (nSPS) is 19.9. The first-order valence-corrected chi connectivity index (χ1v) is 8.21. The van der Waals surface area contributed by atoms with E-state index in [2.05, 4.69) is 14.6 Å². The fraction of sp³-hybridized carbons (Fsp3) is 0.909. The zero-order valence-electron chi connectivity index (χ0n) is 11.7. The van der Waals surface area contributed by atoms with Gasteiger partial charge in [-0.15, -0.1) is 0 Å². The summed E-state index contributed by atoms with van der Waals surface area (Å²) in [5, 5.41) is 11.8. The molecular weight excluding hydrogens is 284 g/mol. The maximum atomic E-state index is 11.9. The quantitative estimate of drug-likeness (QED) is 0.162. The third-order valence-electron chi connectivity index (χ3n) is 3.44. The number of nitrogens with one attached hydrogen (secondary N) is 2. The van der Waals surface area contributed by atoms with Gasteiger partial charge in [0.15, 0.2) is 5.84 Å². The standard InChI is InChI=1S/C11H24N4O4S/c1-19-8-7-13-20(17,18)15-10(11(12)14-16)9-5-3-2-4-6-9/h9-10,13,15-16H,2-8H2,1H3,(H2,12,14). The molecule has 0 aromatic carbocycles. The van der Waals surface area contributed by atoms with Crippen LogP contribution in [0.15, 0.2) is 5.16 Å². The molecule has 0 aromatic rings. The second-order valence-electron chi connectivity index (χ2n) is 4.91. The van der Waals surface area contributed by atoms with E-state index in [1.54, 1.807) is 0 Å². The third kappa shape index (κ3) is 5.61. The zero-order valence-corrected chi connectivity index (χ0v) is 12.5. The van der Waals surface area contributed by atoms with Crippen LogP contribution in [-0.4, -0.2) is 45.8 Å². The molecule has 5 N–H and O–H groups in total. The molecule has 0 aromatic heterocycles. The molecule has 0 amide bonds. The maximum Gasteiger partial charge on any atom is 0.277 e. The SMILES string of the molecule is COCCNS(=O)(=O)NC(C(N)=NO)C1CCCCC1. The molecular formula is C11H24N4O4S. The minimum absolute atomic E-state index is 0.0543. The molecule has 0 spiro atoms. The predicted octanol–water partition coefficient (Wildman–Crippen LogP) is -0.248. The lowest BCUT2D eigenvalue weighted by Crippen LogP contribution is -2.53. The Labute approximate surface area is 119 Å². The molecule has 0 heterocycles. The van der Waals surface area contributed by atoms with Gasteiger partial charge in [0.05, 0.1) is 12.6 Å². The minimum atomic E-state index is -3.71. The lowest BCUT2D eigenvalue weighted by Gasteiger charge is -2.29. The first kappa shape index (κ1) is 17.2. The summed E-state index contributed by atoms with van der Waals surface area (Å²) in [6.07, 6.45) is 4.92. The van der Waals surface area contributed by atoms with Crippen molar-refractivity contribution < 1.29 is 18.4 Å². The molecule has 1 fully saturated rings. The van der Waals surface area contributed by atoms with Crippen molar-refractivity contribution in [3.8, 4) is 0 Å². The first-order valence-electron chi connectivity index (χ1n) is 6.73. The Bertz CT molecular complexity index is 407. The molecule has 0 aliphatic heterocycles. The number of oxime groups is 1. The van der Waals surface area contributed by atoms with Gasteiger partial charge in [-0.1, -0.05) is 24.4 Å². The number of methoxy groups -OCH3 is 1. The van der Waals surface area contributed by atoms with Crippen LogP contribution in [0.25, 0.3) is 0 Å². The van der Waals surface area contributed by atoms with Crippen molar-refractivity contribution in [3.63, 3.8) is 0 Å². The van der Waals surface area contributed by atoms with Gasteiger partial charge in [-0.25, -0.2) is 0 Å². The summed E-state index contributed by atoms with van der Waals surface area (Å²) in [6, 6.07) is -0.680. The molecule has 1 aliphatic carbocycles. The van der Waals surface area contributed by atoms with E-state index in [0.717, 1.165) is 32.1 Å². The molecule has 20 heavy (non-hydrogen) atoms. The van der Waals surface area contributed by atoms with Crippen LogP contribution in [0.5, 0.6) is 0 Å². The van der Waals surface area contributed by atoms with Gasteiger partial charge in [0.1, 0.15) is 0 Å². The second-order valence-corrected chi connectivity index (χ2v) is 6.44. The van der Waals surface area contributed by atoms with Crippen LogP contribution in [0.3, 0.4) is 0 Å². The summed E-state index contributed by atoms with van der Waals surface area (Å²) >= 11 is 0. The molecule has 1 atom stereocenters. The summed E-state index contributed by atoms with van der Waals surface area (Å²) in [6.45, 7) is 0.442. The number of amidine groups is 1. The molecule has 0 saturated heterocycles. The van der Waals surface area contributed by atoms with Crippen molar-refractivity contribution >= 4 is 16.0 Å². The monoisotopic (exact) mass is 308 g/mol. The van der Waals surface area contributed by atoms with E-state index in [1.165, 1.54) is 7.11 Å². The summed E-state index contributed by atoms with van der Waals surface area (Å²) in [5.74, 6) is -0.0485. The summed E-state index contributed by atoms with van der Waals surface area (Å²) < 4.78 is 33.4. The van der Waals surface area contributed by atoms with E-state index in [0.29, 0.717) is 0 Å². The minimum Gasteiger partial charge on any atom is -0.409 e. The Hall–Kier alpha value is -0.900. The molecule has 0 radical (unpaired) electrons. The fourth-order valence-corrected chi connectivity index (χ4v) is 3.50. The fourth-order valence-electron chi connectivity index (χ4n) is 2.41. The van der Waals surface area contributed by atoms with Gasteiger partial charge in [-0.05, 0) is 18.8 Å². The van der Waals surface area contributed by atoms with Crippen molar-refractivity contribution in [1.29, 1.82) is 0 Å². The van der Waals surface area contributed by atoms with E-state index in [1.807, 2.05) is 0 Å². The van der Waals surface area contributed by atoms with Crippen LogP contribution >= 0.6 is 0 Å². The summed E-state index contributed by atoms with van der Waals surface area (Å²) in [7, 11) is -2.22. The molecule has 1 rings (SSSR count). The Morgan fingerprint density at radius 1 is 1.45 bits per heavy atom. The van der Waals surface area contributed by atoms with Gasteiger partial charge in [0.25, 0.3) is 10.2 Å². The van der Waals surface area contributed by atoms with Crippen molar-refractivity contribution in [2.24, 2.45) is 16.8 Å².